The molecule has 110 valence electrons. The van der Waals surface area contributed by atoms with Gasteiger partial charge in [0, 0.05) is 12.5 Å². The van der Waals surface area contributed by atoms with Crippen molar-refractivity contribution in [3.63, 3.8) is 0 Å². The monoisotopic (exact) mass is 286 g/mol. The van der Waals surface area contributed by atoms with E-state index in [0.717, 1.165) is 37.2 Å². The smallest absolute Gasteiger partial charge is 0.165 e. The normalized spacial score (nSPS) is 29.2. The Morgan fingerprint density at radius 3 is 2.58 bits per heavy atom. The Balaban J connectivity index is 2.02. The molecule has 1 spiro atoms. The molecule has 0 aliphatic carbocycles. The second kappa shape index (κ2) is 5.74. The summed E-state index contributed by atoms with van der Waals surface area (Å²) >= 11 is 1.97. The van der Waals surface area contributed by atoms with E-state index in [2.05, 4.69) is 0 Å². The van der Waals surface area contributed by atoms with Gasteiger partial charge in [0.25, 0.3) is 0 Å². The summed E-state index contributed by atoms with van der Waals surface area (Å²) < 4.78 is 6.00. The molecule has 2 saturated heterocycles. The minimum atomic E-state index is -0.856. The van der Waals surface area contributed by atoms with Gasteiger partial charge in [0.05, 0.1) is 5.60 Å². The van der Waals surface area contributed by atoms with Crippen LogP contribution >= 0.6 is 11.8 Å². The number of hydrogen-bond donors (Lipinski definition) is 1. The van der Waals surface area contributed by atoms with Gasteiger partial charge in [-0.2, -0.15) is 11.8 Å². The Hall–Kier alpha value is -0.0600. The van der Waals surface area contributed by atoms with Crippen LogP contribution in [0.1, 0.15) is 46.5 Å². The number of aliphatic hydroxyl groups excluding tert-OH is 1. The molecular formula is C15H26O3S. The minimum Gasteiger partial charge on any atom is -0.385 e. The van der Waals surface area contributed by atoms with Crippen LogP contribution in [0.2, 0.25) is 0 Å². The number of carbonyl (C=O) groups is 1. The molecule has 2 atom stereocenters. The highest BCUT2D eigenvalue weighted by Crippen LogP contribution is 2.41. The van der Waals surface area contributed by atoms with E-state index in [-0.39, 0.29) is 22.7 Å². The Morgan fingerprint density at radius 1 is 1.37 bits per heavy atom. The first-order valence-electron chi connectivity index (χ1n) is 7.28. The Kier molecular flexibility index (Phi) is 4.63. The number of ether oxygens (including phenoxy) is 1. The molecule has 0 saturated carbocycles. The first kappa shape index (κ1) is 15.3. The van der Waals surface area contributed by atoms with Crippen LogP contribution in [0.5, 0.6) is 0 Å². The molecule has 4 heteroatoms. The molecule has 2 rings (SSSR count). The van der Waals surface area contributed by atoms with Gasteiger partial charge >= 0.3 is 0 Å². The summed E-state index contributed by atoms with van der Waals surface area (Å²) in [6, 6.07) is 0. The van der Waals surface area contributed by atoms with E-state index in [1.54, 1.807) is 0 Å². The summed E-state index contributed by atoms with van der Waals surface area (Å²) in [7, 11) is 0. The van der Waals surface area contributed by atoms with E-state index in [9.17, 15) is 9.90 Å². The van der Waals surface area contributed by atoms with Crippen molar-refractivity contribution in [2.45, 2.75) is 58.2 Å². The molecule has 0 radical (unpaired) electrons. The van der Waals surface area contributed by atoms with Gasteiger partial charge in [-0.3, -0.25) is 4.79 Å². The van der Waals surface area contributed by atoms with Crippen molar-refractivity contribution in [3.8, 4) is 0 Å². The van der Waals surface area contributed by atoms with Crippen LogP contribution in [0.15, 0.2) is 0 Å². The highest BCUT2D eigenvalue weighted by molar-refractivity contribution is 7.99. The summed E-state index contributed by atoms with van der Waals surface area (Å²) in [6.45, 7) is 6.42. The number of thioether (sulfide) groups is 1. The zero-order valence-corrected chi connectivity index (χ0v) is 13.1. The quantitative estimate of drug-likeness (QED) is 0.848. The molecular weight excluding hydrogens is 260 g/mol. The fraction of sp³-hybridized carbons (Fsp3) is 0.933. The maximum absolute atomic E-state index is 12.5. The molecule has 2 fully saturated rings. The molecule has 0 amide bonds. The Labute approximate surface area is 120 Å². The molecule has 3 nitrogen and oxygen atoms in total. The molecule has 0 aromatic carbocycles. The zero-order chi connectivity index (χ0) is 14.1. The highest BCUT2D eigenvalue weighted by Gasteiger charge is 2.43. The largest absolute Gasteiger partial charge is 0.385 e. The van der Waals surface area contributed by atoms with E-state index >= 15 is 0 Å². The number of hydrogen-bond acceptors (Lipinski definition) is 4. The van der Waals surface area contributed by atoms with Crippen LogP contribution in [0.25, 0.3) is 0 Å². The van der Waals surface area contributed by atoms with Crippen molar-refractivity contribution < 1.29 is 14.6 Å². The van der Waals surface area contributed by atoms with Crippen molar-refractivity contribution in [2.24, 2.45) is 11.3 Å². The van der Waals surface area contributed by atoms with Gasteiger partial charge in [-0.15, -0.1) is 0 Å². The van der Waals surface area contributed by atoms with Crippen molar-refractivity contribution in [3.05, 3.63) is 0 Å². The van der Waals surface area contributed by atoms with Gasteiger partial charge in [0.1, 0.15) is 6.10 Å². The third kappa shape index (κ3) is 3.53. The molecule has 0 aromatic heterocycles. The molecule has 19 heavy (non-hydrogen) atoms. The standard InChI is InChI=1S/C15H26O3S/c1-14(2,3)13(17)12(16)11-4-7-18-15(10-11)5-8-19-9-6-15/h11,13,17H,4-10H2,1-3H3. The number of rotatable bonds is 2. The maximum atomic E-state index is 12.5. The first-order chi connectivity index (χ1) is 8.84. The SMILES string of the molecule is CC(C)(C)C(O)C(=O)C1CCOC2(CCSCC2)C1. The van der Waals surface area contributed by atoms with Crippen LogP contribution in [0, 0.1) is 11.3 Å². The molecule has 1 N–H and O–H groups in total. The maximum Gasteiger partial charge on any atom is 0.165 e. The first-order valence-corrected chi connectivity index (χ1v) is 8.43. The van der Waals surface area contributed by atoms with Gasteiger partial charge in [-0.05, 0) is 42.6 Å². The zero-order valence-electron chi connectivity index (χ0n) is 12.3. The van der Waals surface area contributed by atoms with Crippen molar-refractivity contribution in [1.82, 2.24) is 0 Å². The molecule has 0 bridgehead atoms. The summed E-state index contributed by atoms with van der Waals surface area (Å²) in [4.78, 5) is 12.5. The third-order valence-electron chi connectivity index (χ3n) is 4.39. The van der Waals surface area contributed by atoms with Crippen LogP contribution < -0.4 is 0 Å². The third-order valence-corrected chi connectivity index (χ3v) is 5.37. The number of aliphatic hydroxyl groups is 1. The van der Waals surface area contributed by atoms with Crippen LogP contribution in [0.4, 0.5) is 0 Å². The summed E-state index contributed by atoms with van der Waals surface area (Å²) in [5, 5.41) is 10.2. The van der Waals surface area contributed by atoms with Crippen LogP contribution in [-0.2, 0) is 9.53 Å². The average molecular weight is 286 g/mol. The Bertz CT molecular complexity index is 323. The fourth-order valence-corrected chi connectivity index (χ4v) is 4.25. The lowest BCUT2D eigenvalue weighted by molar-refractivity contribution is -0.150. The fourth-order valence-electron chi connectivity index (χ4n) is 3.01. The van der Waals surface area contributed by atoms with Crippen molar-refractivity contribution >= 4 is 17.5 Å². The van der Waals surface area contributed by atoms with Crippen molar-refractivity contribution in [1.29, 1.82) is 0 Å². The van der Waals surface area contributed by atoms with E-state index in [1.165, 1.54) is 0 Å². The highest BCUT2D eigenvalue weighted by atomic mass is 32.2. The Morgan fingerprint density at radius 2 is 2.00 bits per heavy atom. The molecule has 2 aliphatic rings. The summed E-state index contributed by atoms with van der Waals surface area (Å²) in [5.41, 5.74) is -0.452. The van der Waals surface area contributed by atoms with Gasteiger partial charge in [0.15, 0.2) is 5.78 Å². The van der Waals surface area contributed by atoms with Crippen molar-refractivity contribution in [2.75, 3.05) is 18.1 Å². The number of carbonyl (C=O) groups excluding carboxylic acids is 1. The van der Waals surface area contributed by atoms with Gasteiger partial charge in [-0.25, -0.2) is 0 Å². The predicted octanol–water partition coefficient (Wildman–Crippen LogP) is 2.65. The van der Waals surface area contributed by atoms with Gasteiger partial charge < -0.3 is 9.84 Å². The molecule has 0 aromatic rings. The topological polar surface area (TPSA) is 46.5 Å². The second-order valence-electron chi connectivity index (χ2n) is 7.00. The van der Waals surface area contributed by atoms with Crippen LogP contribution in [0.3, 0.4) is 0 Å². The average Bonchev–Trinajstić information content (AvgIpc) is 2.37. The number of ketones is 1. The van der Waals surface area contributed by atoms with Crippen LogP contribution in [-0.4, -0.2) is 40.7 Å². The van der Waals surface area contributed by atoms with E-state index in [1.807, 2.05) is 32.5 Å². The molecule has 2 aliphatic heterocycles. The van der Waals surface area contributed by atoms with Gasteiger partial charge in [0.2, 0.25) is 0 Å². The van der Waals surface area contributed by atoms with E-state index < -0.39 is 6.10 Å². The lowest BCUT2D eigenvalue weighted by Gasteiger charge is -2.43. The summed E-state index contributed by atoms with van der Waals surface area (Å²) in [6.07, 6.45) is 2.81. The molecule has 2 unspecified atom stereocenters. The lowest BCUT2D eigenvalue weighted by atomic mass is 9.75. The molecule has 2 heterocycles. The van der Waals surface area contributed by atoms with E-state index in [0.29, 0.717) is 6.61 Å². The predicted molar refractivity (Wildman–Crippen MR) is 78.4 cm³/mol. The lowest BCUT2D eigenvalue weighted by Crippen LogP contribution is -2.48. The van der Waals surface area contributed by atoms with E-state index in [4.69, 9.17) is 4.74 Å². The summed E-state index contributed by atoms with van der Waals surface area (Å²) in [5.74, 6) is 2.25. The minimum absolute atomic E-state index is 0.0217. The second-order valence-corrected chi connectivity index (χ2v) is 8.23. The van der Waals surface area contributed by atoms with Gasteiger partial charge in [-0.1, -0.05) is 20.8 Å². The number of Topliss-reactive ketones (excluding diaryl/α,β-unsaturated/α-hetero) is 1.